The van der Waals surface area contributed by atoms with Gasteiger partial charge in [0, 0.05) is 13.0 Å². The number of rotatable bonds is 3. The van der Waals surface area contributed by atoms with Crippen LogP contribution in [0.2, 0.25) is 0 Å². The molecule has 0 saturated carbocycles. The van der Waals surface area contributed by atoms with E-state index < -0.39 is 10.0 Å². The average molecular weight is 206 g/mol. The van der Waals surface area contributed by atoms with Crippen molar-refractivity contribution in [1.29, 1.82) is 0 Å². The molecule has 1 unspecified atom stereocenters. The highest BCUT2D eigenvalue weighted by Gasteiger charge is 2.35. The number of carbonyl (C=O) groups is 1. The quantitative estimate of drug-likeness (QED) is 0.651. The van der Waals surface area contributed by atoms with Crippen molar-refractivity contribution in [3.63, 3.8) is 0 Å². The van der Waals surface area contributed by atoms with Crippen molar-refractivity contribution >= 4 is 15.9 Å². The molecule has 1 fully saturated rings. The van der Waals surface area contributed by atoms with Gasteiger partial charge in [-0.05, 0) is 12.5 Å². The minimum Gasteiger partial charge on any atom is -0.330 e. The minimum absolute atomic E-state index is 0.0248. The number of amides is 1. The molecule has 0 aromatic carbocycles. The maximum absolute atomic E-state index is 11.3. The third-order valence-electron chi connectivity index (χ3n) is 2.07. The maximum Gasteiger partial charge on any atom is 0.237 e. The molecule has 1 aliphatic heterocycles. The lowest BCUT2D eigenvalue weighted by Crippen LogP contribution is -2.35. The molecule has 1 amide bonds. The van der Waals surface area contributed by atoms with E-state index in [0.29, 0.717) is 6.54 Å². The number of sulfonamides is 1. The van der Waals surface area contributed by atoms with Crippen LogP contribution in [-0.2, 0) is 14.8 Å². The maximum atomic E-state index is 11.3. The second-order valence-electron chi connectivity index (χ2n) is 3.33. The Hall–Kier alpha value is -0.620. The lowest BCUT2D eigenvalue weighted by Gasteiger charge is -2.18. The van der Waals surface area contributed by atoms with Crippen LogP contribution in [0.15, 0.2) is 0 Å². The molecule has 76 valence electrons. The molecule has 6 heteroatoms. The van der Waals surface area contributed by atoms with E-state index >= 15 is 0 Å². The number of nitrogens with zero attached hydrogens (tertiary/aromatic N) is 1. The molecule has 1 rings (SSSR count). The average Bonchev–Trinajstić information content (AvgIpc) is 2.31. The number of nitrogens with two attached hydrogens (primary N) is 1. The van der Waals surface area contributed by atoms with Gasteiger partial charge in [-0.2, -0.15) is 0 Å². The van der Waals surface area contributed by atoms with Crippen LogP contribution in [0.4, 0.5) is 0 Å². The fraction of sp³-hybridized carbons (Fsp3) is 0.857. The largest absolute Gasteiger partial charge is 0.330 e. The Labute approximate surface area is 77.9 Å². The zero-order valence-corrected chi connectivity index (χ0v) is 8.38. The standard InChI is InChI=1S/C7H14N2O3S/c1-6(4-8)5-9-7(10)2-3-13(9,11)12/h6H,2-5,8H2,1H3. The van der Waals surface area contributed by atoms with E-state index in [4.69, 9.17) is 5.73 Å². The minimum atomic E-state index is -3.31. The molecule has 0 spiro atoms. The van der Waals surface area contributed by atoms with E-state index in [0.717, 1.165) is 4.31 Å². The van der Waals surface area contributed by atoms with Gasteiger partial charge in [0.15, 0.2) is 0 Å². The summed E-state index contributed by atoms with van der Waals surface area (Å²) in [7, 11) is -3.31. The van der Waals surface area contributed by atoms with Gasteiger partial charge in [-0.25, -0.2) is 12.7 Å². The van der Waals surface area contributed by atoms with Crippen LogP contribution in [0, 0.1) is 5.92 Å². The first-order chi connectivity index (χ1) is 5.97. The Bertz CT molecular complexity index is 299. The van der Waals surface area contributed by atoms with Crippen molar-refractivity contribution in [2.75, 3.05) is 18.8 Å². The summed E-state index contributed by atoms with van der Waals surface area (Å²) in [5.41, 5.74) is 5.35. The van der Waals surface area contributed by atoms with Crippen molar-refractivity contribution in [3.05, 3.63) is 0 Å². The molecular formula is C7H14N2O3S. The monoisotopic (exact) mass is 206 g/mol. The van der Waals surface area contributed by atoms with E-state index in [1.807, 2.05) is 6.92 Å². The fourth-order valence-electron chi connectivity index (χ4n) is 1.18. The number of carbonyl (C=O) groups excluding carboxylic acids is 1. The Morgan fingerprint density at radius 2 is 2.23 bits per heavy atom. The summed E-state index contributed by atoms with van der Waals surface area (Å²) >= 11 is 0. The summed E-state index contributed by atoms with van der Waals surface area (Å²) in [5, 5.41) is 0. The van der Waals surface area contributed by atoms with Gasteiger partial charge in [-0.1, -0.05) is 6.92 Å². The van der Waals surface area contributed by atoms with E-state index in [1.165, 1.54) is 0 Å². The van der Waals surface area contributed by atoms with Gasteiger partial charge in [-0.15, -0.1) is 0 Å². The second-order valence-corrected chi connectivity index (χ2v) is 5.34. The molecular weight excluding hydrogens is 192 g/mol. The SMILES string of the molecule is CC(CN)CN1C(=O)CCS1(=O)=O. The molecule has 0 radical (unpaired) electrons. The number of hydrogen-bond acceptors (Lipinski definition) is 4. The van der Waals surface area contributed by atoms with Crippen molar-refractivity contribution in [1.82, 2.24) is 4.31 Å². The third kappa shape index (κ3) is 2.19. The zero-order chi connectivity index (χ0) is 10.1. The van der Waals surface area contributed by atoms with Crippen LogP contribution < -0.4 is 5.73 Å². The van der Waals surface area contributed by atoms with Crippen LogP contribution in [0.1, 0.15) is 13.3 Å². The molecule has 0 aliphatic carbocycles. The lowest BCUT2D eigenvalue weighted by atomic mass is 10.2. The van der Waals surface area contributed by atoms with E-state index in [-0.39, 0.29) is 30.5 Å². The van der Waals surface area contributed by atoms with E-state index in [1.54, 1.807) is 0 Å². The second kappa shape index (κ2) is 3.63. The summed E-state index contributed by atoms with van der Waals surface area (Å²) < 4.78 is 23.5. The summed E-state index contributed by atoms with van der Waals surface area (Å²) in [6.07, 6.45) is 0.111. The van der Waals surface area contributed by atoms with E-state index in [2.05, 4.69) is 0 Å². The van der Waals surface area contributed by atoms with Gasteiger partial charge in [0.25, 0.3) is 0 Å². The van der Waals surface area contributed by atoms with Crippen LogP contribution in [-0.4, -0.2) is 37.5 Å². The summed E-state index contributed by atoms with van der Waals surface area (Å²) in [6, 6.07) is 0. The molecule has 1 saturated heterocycles. The van der Waals surface area contributed by atoms with Crippen molar-refractivity contribution in [2.45, 2.75) is 13.3 Å². The smallest absolute Gasteiger partial charge is 0.237 e. The van der Waals surface area contributed by atoms with Gasteiger partial charge in [-0.3, -0.25) is 4.79 Å². The van der Waals surface area contributed by atoms with Crippen LogP contribution >= 0.6 is 0 Å². The predicted octanol–water partition coefficient (Wildman–Crippen LogP) is -0.857. The van der Waals surface area contributed by atoms with Gasteiger partial charge in [0.2, 0.25) is 15.9 Å². The highest BCUT2D eigenvalue weighted by Crippen LogP contribution is 2.16. The highest BCUT2D eigenvalue weighted by molar-refractivity contribution is 7.90. The van der Waals surface area contributed by atoms with E-state index in [9.17, 15) is 13.2 Å². The molecule has 13 heavy (non-hydrogen) atoms. The summed E-state index contributed by atoms with van der Waals surface area (Å²) in [6.45, 7) is 2.43. The first-order valence-corrected chi connectivity index (χ1v) is 5.81. The topological polar surface area (TPSA) is 80.5 Å². The van der Waals surface area contributed by atoms with Crippen LogP contribution in [0.25, 0.3) is 0 Å². The normalized spacial score (nSPS) is 23.5. The molecule has 0 aromatic heterocycles. The molecule has 0 bridgehead atoms. The Morgan fingerprint density at radius 1 is 1.62 bits per heavy atom. The molecule has 2 N–H and O–H groups in total. The molecule has 1 heterocycles. The molecule has 1 atom stereocenters. The van der Waals surface area contributed by atoms with Gasteiger partial charge in [0.1, 0.15) is 0 Å². The predicted molar refractivity (Wildman–Crippen MR) is 48.3 cm³/mol. The molecule has 0 aromatic rings. The third-order valence-corrected chi connectivity index (χ3v) is 3.81. The van der Waals surface area contributed by atoms with Gasteiger partial charge >= 0.3 is 0 Å². The first kappa shape index (κ1) is 10.5. The Kier molecular flexibility index (Phi) is 2.92. The number of hydrogen-bond donors (Lipinski definition) is 1. The Balaban J connectivity index is 2.72. The summed E-state index contributed by atoms with van der Waals surface area (Å²) in [5.74, 6) is -0.333. The van der Waals surface area contributed by atoms with Crippen molar-refractivity contribution in [2.24, 2.45) is 11.7 Å². The van der Waals surface area contributed by atoms with Crippen LogP contribution in [0.5, 0.6) is 0 Å². The van der Waals surface area contributed by atoms with Crippen LogP contribution in [0.3, 0.4) is 0 Å². The van der Waals surface area contributed by atoms with Gasteiger partial charge < -0.3 is 5.73 Å². The first-order valence-electron chi connectivity index (χ1n) is 4.20. The fourth-order valence-corrected chi connectivity index (χ4v) is 2.72. The highest BCUT2D eigenvalue weighted by atomic mass is 32.2. The molecule has 5 nitrogen and oxygen atoms in total. The van der Waals surface area contributed by atoms with Crippen molar-refractivity contribution in [3.8, 4) is 0 Å². The molecule has 1 aliphatic rings. The summed E-state index contributed by atoms with van der Waals surface area (Å²) in [4.78, 5) is 11.1. The van der Waals surface area contributed by atoms with Crippen molar-refractivity contribution < 1.29 is 13.2 Å². The zero-order valence-electron chi connectivity index (χ0n) is 7.56. The lowest BCUT2D eigenvalue weighted by molar-refractivity contribution is -0.125. The Morgan fingerprint density at radius 3 is 2.62 bits per heavy atom. The van der Waals surface area contributed by atoms with Gasteiger partial charge in [0.05, 0.1) is 5.75 Å².